The average molecular weight is 361 g/mol. The second-order valence-corrected chi connectivity index (χ2v) is 5.60. The number of benzene rings is 1. The van der Waals surface area contributed by atoms with Crippen LogP contribution in [0.5, 0.6) is 5.75 Å². The van der Waals surface area contributed by atoms with Crippen LogP contribution in [0, 0.1) is 10.1 Å². The minimum Gasteiger partial charge on any atom is -0.475 e. The molecule has 128 valence electrons. The molecule has 0 saturated carbocycles. The molecule has 0 unspecified atom stereocenters. The molecule has 0 atom stereocenters. The molecular formula is C15H11N3O6S. The SMILES string of the molecule is O=C(COc1ccccc1[N+](=O)[O-])OCc1nnc(-c2cccs2)o1. The Bertz CT molecular complexity index is 877. The zero-order chi connectivity index (χ0) is 17.6. The number of nitro benzene ring substituents is 1. The number of thiophene rings is 1. The topological polar surface area (TPSA) is 118 Å². The van der Waals surface area contributed by atoms with Crippen LogP contribution in [0.2, 0.25) is 0 Å². The van der Waals surface area contributed by atoms with Gasteiger partial charge in [0.2, 0.25) is 0 Å². The average Bonchev–Trinajstić information content (AvgIpc) is 3.29. The molecular weight excluding hydrogens is 350 g/mol. The summed E-state index contributed by atoms with van der Waals surface area (Å²) in [5.74, 6) is -0.240. The van der Waals surface area contributed by atoms with Crippen LogP contribution in [0.4, 0.5) is 5.69 Å². The number of carbonyl (C=O) groups is 1. The van der Waals surface area contributed by atoms with E-state index >= 15 is 0 Å². The van der Waals surface area contributed by atoms with Crippen molar-refractivity contribution in [3.05, 3.63) is 57.8 Å². The molecule has 3 rings (SSSR count). The Balaban J connectivity index is 1.51. The molecule has 2 heterocycles. The van der Waals surface area contributed by atoms with Gasteiger partial charge >= 0.3 is 11.7 Å². The quantitative estimate of drug-likeness (QED) is 0.358. The van der Waals surface area contributed by atoms with Crippen LogP contribution < -0.4 is 4.74 Å². The Hall–Kier alpha value is -3.27. The molecule has 0 saturated heterocycles. The van der Waals surface area contributed by atoms with Crippen LogP contribution >= 0.6 is 11.3 Å². The van der Waals surface area contributed by atoms with Gasteiger partial charge in [-0.15, -0.1) is 21.5 Å². The first-order chi connectivity index (χ1) is 12.1. The van der Waals surface area contributed by atoms with Gasteiger partial charge in [-0.05, 0) is 17.5 Å². The number of nitrogens with zero attached hydrogens (tertiary/aromatic N) is 3. The second-order valence-electron chi connectivity index (χ2n) is 4.65. The first kappa shape index (κ1) is 16.6. The normalized spacial score (nSPS) is 10.4. The van der Waals surface area contributed by atoms with Gasteiger partial charge in [-0.2, -0.15) is 0 Å². The maximum absolute atomic E-state index is 11.7. The lowest BCUT2D eigenvalue weighted by molar-refractivity contribution is -0.385. The van der Waals surface area contributed by atoms with E-state index in [9.17, 15) is 14.9 Å². The first-order valence-corrected chi connectivity index (χ1v) is 7.89. The number of hydrogen-bond acceptors (Lipinski definition) is 9. The smallest absolute Gasteiger partial charge is 0.344 e. The van der Waals surface area contributed by atoms with E-state index in [2.05, 4.69) is 10.2 Å². The van der Waals surface area contributed by atoms with Crippen LogP contribution in [0.3, 0.4) is 0 Å². The molecule has 0 aliphatic heterocycles. The van der Waals surface area contributed by atoms with Gasteiger partial charge in [-0.25, -0.2) is 4.79 Å². The molecule has 0 radical (unpaired) electrons. The van der Waals surface area contributed by atoms with Gasteiger partial charge in [-0.1, -0.05) is 18.2 Å². The molecule has 0 aliphatic carbocycles. The van der Waals surface area contributed by atoms with Crippen molar-refractivity contribution in [2.45, 2.75) is 6.61 Å². The van der Waals surface area contributed by atoms with Crippen LogP contribution in [-0.2, 0) is 16.1 Å². The van der Waals surface area contributed by atoms with E-state index in [0.29, 0.717) is 5.89 Å². The Kier molecular flexibility index (Phi) is 5.00. The number of nitro groups is 1. The molecule has 0 N–H and O–H groups in total. The maximum Gasteiger partial charge on any atom is 0.344 e. The molecule has 9 nitrogen and oxygen atoms in total. The first-order valence-electron chi connectivity index (χ1n) is 7.01. The van der Waals surface area contributed by atoms with Gasteiger partial charge in [0.05, 0.1) is 9.80 Å². The third-order valence-corrected chi connectivity index (χ3v) is 3.82. The summed E-state index contributed by atoms with van der Waals surface area (Å²) in [5.41, 5.74) is -0.229. The van der Waals surface area contributed by atoms with Crippen molar-refractivity contribution >= 4 is 23.0 Å². The van der Waals surface area contributed by atoms with Gasteiger partial charge in [0.15, 0.2) is 19.0 Å². The summed E-state index contributed by atoms with van der Waals surface area (Å²) in [5, 5.41) is 20.4. The molecule has 1 aromatic carbocycles. The van der Waals surface area contributed by atoms with E-state index in [4.69, 9.17) is 13.9 Å². The fraction of sp³-hybridized carbons (Fsp3) is 0.133. The van der Waals surface area contributed by atoms with Crippen LogP contribution in [0.25, 0.3) is 10.8 Å². The molecule has 0 spiro atoms. The van der Waals surface area contributed by atoms with Crippen LogP contribution in [0.1, 0.15) is 5.89 Å². The minimum absolute atomic E-state index is 0.0118. The zero-order valence-electron chi connectivity index (χ0n) is 12.7. The Labute approximate surface area is 145 Å². The predicted octanol–water partition coefficient (Wildman–Crippen LogP) is 2.83. The molecule has 0 aliphatic rings. The number of carbonyl (C=O) groups excluding carboxylic acids is 1. The van der Waals surface area contributed by atoms with E-state index in [1.807, 2.05) is 17.5 Å². The van der Waals surface area contributed by atoms with Gasteiger partial charge < -0.3 is 13.9 Å². The number of para-hydroxylation sites is 2. The standard InChI is InChI=1S/C15H11N3O6S/c19-14(9-22-11-5-2-1-4-10(11)18(20)21)23-8-13-16-17-15(24-13)12-6-3-7-25-12/h1-7H,8-9H2. The van der Waals surface area contributed by atoms with E-state index in [-0.39, 0.29) is 23.9 Å². The summed E-state index contributed by atoms with van der Waals surface area (Å²) >= 11 is 1.44. The summed E-state index contributed by atoms with van der Waals surface area (Å²) in [7, 11) is 0. The van der Waals surface area contributed by atoms with Crippen LogP contribution in [-0.4, -0.2) is 27.7 Å². The van der Waals surface area contributed by atoms with Gasteiger partial charge in [-0.3, -0.25) is 10.1 Å². The monoisotopic (exact) mass is 361 g/mol. The van der Waals surface area contributed by atoms with Crippen molar-refractivity contribution in [3.63, 3.8) is 0 Å². The lowest BCUT2D eigenvalue weighted by Crippen LogP contribution is -2.15. The molecule has 2 aromatic heterocycles. The largest absolute Gasteiger partial charge is 0.475 e. The van der Waals surface area contributed by atoms with Crippen molar-refractivity contribution in [2.75, 3.05) is 6.61 Å². The number of hydrogen-bond donors (Lipinski definition) is 0. The van der Waals surface area contributed by atoms with Crippen molar-refractivity contribution in [2.24, 2.45) is 0 Å². The van der Waals surface area contributed by atoms with Gasteiger partial charge in [0.1, 0.15) is 0 Å². The number of esters is 1. The lowest BCUT2D eigenvalue weighted by atomic mass is 10.3. The highest BCUT2D eigenvalue weighted by Gasteiger charge is 2.16. The van der Waals surface area contributed by atoms with Gasteiger partial charge in [0, 0.05) is 6.07 Å². The Morgan fingerprint density at radius 2 is 2.08 bits per heavy atom. The summed E-state index contributed by atoms with van der Waals surface area (Å²) < 4.78 is 15.5. The predicted molar refractivity (Wildman–Crippen MR) is 86.0 cm³/mol. The minimum atomic E-state index is -0.714. The summed E-state index contributed by atoms with van der Waals surface area (Å²) in [6, 6.07) is 9.43. The Morgan fingerprint density at radius 1 is 1.24 bits per heavy atom. The molecule has 0 amide bonds. The van der Waals surface area contributed by atoms with E-state index in [1.54, 1.807) is 6.07 Å². The lowest BCUT2D eigenvalue weighted by Gasteiger charge is -2.06. The van der Waals surface area contributed by atoms with Crippen molar-refractivity contribution < 1.29 is 23.6 Å². The van der Waals surface area contributed by atoms with Crippen molar-refractivity contribution in [1.82, 2.24) is 10.2 Å². The van der Waals surface area contributed by atoms with E-state index in [0.717, 1.165) is 4.88 Å². The summed E-state index contributed by atoms with van der Waals surface area (Å²) in [6.45, 7) is -0.686. The highest BCUT2D eigenvalue weighted by Crippen LogP contribution is 2.26. The van der Waals surface area contributed by atoms with Crippen molar-refractivity contribution in [1.29, 1.82) is 0 Å². The van der Waals surface area contributed by atoms with E-state index < -0.39 is 17.5 Å². The highest BCUT2D eigenvalue weighted by molar-refractivity contribution is 7.13. The third-order valence-electron chi connectivity index (χ3n) is 2.96. The number of rotatable bonds is 7. The van der Waals surface area contributed by atoms with Crippen LogP contribution in [0.15, 0.2) is 46.2 Å². The second kappa shape index (κ2) is 7.53. The van der Waals surface area contributed by atoms with E-state index in [1.165, 1.54) is 29.5 Å². The maximum atomic E-state index is 11.7. The molecule has 3 aromatic rings. The fourth-order valence-electron chi connectivity index (χ4n) is 1.86. The summed E-state index contributed by atoms with van der Waals surface area (Å²) in [4.78, 5) is 22.8. The number of aromatic nitrogens is 2. The molecule has 25 heavy (non-hydrogen) atoms. The molecule has 10 heteroatoms. The van der Waals surface area contributed by atoms with Crippen molar-refractivity contribution in [3.8, 4) is 16.5 Å². The third kappa shape index (κ3) is 4.18. The van der Waals surface area contributed by atoms with Gasteiger partial charge in [0.25, 0.3) is 11.8 Å². The molecule has 0 fully saturated rings. The molecule has 0 bridgehead atoms. The fourth-order valence-corrected chi connectivity index (χ4v) is 2.51. The Morgan fingerprint density at radius 3 is 2.84 bits per heavy atom. The number of ether oxygens (including phenoxy) is 2. The zero-order valence-corrected chi connectivity index (χ0v) is 13.5. The summed E-state index contributed by atoms with van der Waals surface area (Å²) in [6.07, 6.45) is 0. The highest BCUT2D eigenvalue weighted by atomic mass is 32.1.